The van der Waals surface area contributed by atoms with Crippen LogP contribution in [0.1, 0.15) is 32.1 Å². The van der Waals surface area contributed by atoms with E-state index in [4.69, 9.17) is 4.74 Å². The molecule has 13 heavy (non-hydrogen) atoms. The zero-order valence-electron chi connectivity index (χ0n) is 8.25. The van der Waals surface area contributed by atoms with E-state index in [9.17, 15) is 5.11 Å². The van der Waals surface area contributed by atoms with Gasteiger partial charge in [0.1, 0.15) is 0 Å². The molecule has 0 aromatic heterocycles. The quantitative estimate of drug-likeness (QED) is 0.677. The average molecular weight is 182 g/mol. The van der Waals surface area contributed by atoms with Crippen LogP contribution < -0.4 is 0 Å². The van der Waals surface area contributed by atoms with Crippen LogP contribution in [0.5, 0.6) is 0 Å². The number of fused-ring (bicyclic) bond motifs is 2. The van der Waals surface area contributed by atoms with Crippen molar-refractivity contribution in [3.63, 3.8) is 0 Å². The highest BCUT2D eigenvalue weighted by molar-refractivity contribution is 5.12. The number of methoxy groups -OCH3 is 1. The Bertz CT molecular complexity index is 212. The number of aliphatic hydroxyl groups excluding tert-OH is 1. The predicted octanol–water partition coefficient (Wildman–Crippen LogP) is 2.09. The van der Waals surface area contributed by atoms with Crippen molar-refractivity contribution < 1.29 is 9.84 Å². The summed E-state index contributed by atoms with van der Waals surface area (Å²) < 4.78 is 4.97. The maximum Gasteiger partial charge on any atom is 0.0790 e. The highest BCUT2D eigenvalue weighted by Gasteiger charge is 2.52. The SMILES string of the molecule is CO/C=C/C12CCC(CO)(CC1)C2. The van der Waals surface area contributed by atoms with Crippen molar-refractivity contribution in [3.05, 3.63) is 12.3 Å². The molecule has 2 nitrogen and oxygen atoms in total. The summed E-state index contributed by atoms with van der Waals surface area (Å²) in [6.45, 7) is 0.371. The van der Waals surface area contributed by atoms with E-state index in [0.29, 0.717) is 12.0 Å². The van der Waals surface area contributed by atoms with Crippen LogP contribution in [0.15, 0.2) is 12.3 Å². The number of hydrogen-bond donors (Lipinski definition) is 1. The van der Waals surface area contributed by atoms with E-state index in [2.05, 4.69) is 6.08 Å². The van der Waals surface area contributed by atoms with Crippen molar-refractivity contribution in [1.29, 1.82) is 0 Å². The van der Waals surface area contributed by atoms with Gasteiger partial charge in [-0.1, -0.05) is 0 Å². The van der Waals surface area contributed by atoms with E-state index < -0.39 is 0 Å². The molecule has 0 heterocycles. The largest absolute Gasteiger partial charge is 0.505 e. The summed E-state index contributed by atoms with van der Waals surface area (Å²) in [5, 5.41) is 9.33. The molecule has 1 N–H and O–H groups in total. The Morgan fingerprint density at radius 3 is 2.46 bits per heavy atom. The van der Waals surface area contributed by atoms with Crippen LogP contribution in [0.25, 0.3) is 0 Å². The third kappa shape index (κ3) is 1.37. The Kier molecular flexibility index (Phi) is 2.11. The third-order valence-corrected chi connectivity index (χ3v) is 3.93. The molecule has 0 aromatic carbocycles. The minimum atomic E-state index is 0.262. The van der Waals surface area contributed by atoms with E-state index >= 15 is 0 Å². The molecular weight excluding hydrogens is 164 g/mol. The molecule has 2 aliphatic carbocycles. The molecule has 2 heteroatoms. The lowest BCUT2D eigenvalue weighted by molar-refractivity contribution is 0.133. The Balaban J connectivity index is 2.09. The molecule has 0 spiro atoms. The molecule has 0 aromatic rings. The number of hydrogen-bond acceptors (Lipinski definition) is 2. The monoisotopic (exact) mass is 182 g/mol. The van der Waals surface area contributed by atoms with Gasteiger partial charge < -0.3 is 9.84 Å². The standard InChI is InChI=1S/C11H18O2/c1-13-7-6-10-2-4-11(8-10,9-12)5-3-10/h6-7,12H,2-5,8-9H2,1H3/b7-6+. The topological polar surface area (TPSA) is 29.5 Å². The fraction of sp³-hybridized carbons (Fsp3) is 0.818. The van der Waals surface area contributed by atoms with Crippen molar-refractivity contribution in [2.45, 2.75) is 32.1 Å². The minimum absolute atomic E-state index is 0.262. The molecule has 0 saturated heterocycles. The van der Waals surface area contributed by atoms with Crippen LogP contribution >= 0.6 is 0 Å². The highest BCUT2D eigenvalue weighted by Crippen LogP contribution is 2.61. The van der Waals surface area contributed by atoms with Gasteiger partial charge in [-0.2, -0.15) is 0 Å². The molecule has 0 aliphatic heterocycles. The summed E-state index contributed by atoms with van der Waals surface area (Å²) >= 11 is 0. The fourth-order valence-corrected chi connectivity index (χ4v) is 3.03. The fourth-order valence-electron chi connectivity index (χ4n) is 3.03. The Morgan fingerprint density at radius 2 is 2.00 bits per heavy atom. The minimum Gasteiger partial charge on any atom is -0.505 e. The number of rotatable bonds is 3. The van der Waals surface area contributed by atoms with E-state index in [1.165, 1.54) is 25.7 Å². The van der Waals surface area contributed by atoms with Crippen molar-refractivity contribution in [2.75, 3.05) is 13.7 Å². The van der Waals surface area contributed by atoms with E-state index in [1.54, 1.807) is 13.4 Å². The van der Waals surface area contributed by atoms with Crippen LogP contribution in [0.4, 0.5) is 0 Å². The number of ether oxygens (including phenoxy) is 1. The molecule has 2 bridgehead atoms. The van der Waals surface area contributed by atoms with Gasteiger partial charge in [-0.25, -0.2) is 0 Å². The Labute approximate surface area is 79.6 Å². The molecule has 2 saturated carbocycles. The summed E-state index contributed by atoms with van der Waals surface area (Å²) in [4.78, 5) is 0. The van der Waals surface area contributed by atoms with Crippen LogP contribution in [0, 0.1) is 10.8 Å². The van der Waals surface area contributed by atoms with Crippen molar-refractivity contribution in [2.24, 2.45) is 10.8 Å². The van der Waals surface area contributed by atoms with Crippen LogP contribution in [0.2, 0.25) is 0 Å². The van der Waals surface area contributed by atoms with Gasteiger partial charge in [-0.15, -0.1) is 0 Å². The second-order valence-corrected chi connectivity index (χ2v) is 4.74. The smallest absolute Gasteiger partial charge is 0.0790 e. The first-order valence-electron chi connectivity index (χ1n) is 5.06. The first-order chi connectivity index (χ1) is 6.24. The zero-order valence-corrected chi connectivity index (χ0v) is 8.25. The first-order valence-corrected chi connectivity index (χ1v) is 5.06. The van der Waals surface area contributed by atoms with E-state index in [1.807, 2.05) is 0 Å². The van der Waals surface area contributed by atoms with E-state index in [-0.39, 0.29) is 5.41 Å². The van der Waals surface area contributed by atoms with Crippen molar-refractivity contribution >= 4 is 0 Å². The van der Waals surface area contributed by atoms with Gasteiger partial charge in [0, 0.05) is 6.61 Å². The van der Waals surface area contributed by atoms with Gasteiger partial charge in [-0.05, 0) is 49.0 Å². The Hall–Kier alpha value is -0.500. The molecule has 0 unspecified atom stereocenters. The summed E-state index contributed by atoms with van der Waals surface area (Å²) in [7, 11) is 1.69. The average Bonchev–Trinajstić information content (AvgIpc) is 2.72. The lowest BCUT2D eigenvalue weighted by Gasteiger charge is -2.24. The molecule has 2 aliphatic rings. The molecule has 2 rings (SSSR count). The molecule has 0 atom stereocenters. The summed E-state index contributed by atoms with van der Waals surface area (Å²) in [6.07, 6.45) is 10.0. The second-order valence-electron chi connectivity index (χ2n) is 4.74. The van der Waals surface area contributed by atoms with Gasteiger partial charge >= 0.3 is 0 Å². The first kappa shape index (κ1) is 9.07. The molecule has 74 valence electrons. The molecule has 0 amide bonds. The maximum absolute atomic E-state index is 9.33. The lowest BCUT2D eigenvalue weighted by Crippen LogP contribution is -2.18. The summed E-state index contributed by atoms with van der Waals surface area (Å²) in [5.74, 6) is 0. The van der Waals surface area contributed by atoms with E-state index in [0.717, 1.165) is 6.42 Å². The maximum atomic E-state index is 9.33. The normalized spacial score (nSPS) is 43.2. The highest BCUT2D eigenvalue weighted by atomic mass is 16.5. The lowest BCUT2D eigenvalue weighted by atomic mass is 9.82. The van der Waals surface area contributed by atoms with Gasteiger partial charge in [0.2, 0.25) is 0 Å². The van der Waals surface area contributed by atoms with Crippen LogP contribution in [0.3, 0.4) is 0 Å². The van der Waals surface area contributed by atoms with Gasteiger partial charge in [0.05, 0.1) is 13.4 Å². The predicted molar refractivity (Wildman–Crippen MR) is 51.2 cm³/mol. The van der Waals surface area contributed by atoms with Crippen LogP contribution in [-0.4, -0.2) is 18.8 Å². The zero-order chi connectivity index (χ0) is 9.36. The van der Waals surface area contributed by atoms with Gasteiger partial charge in [-0.3, -0.25) is 0 Å². The van der Waals surface area contributed by atoms with Crippen molar-refractivity contribution in [1.82, 2.24) is 0 Å². The molecule has 2 fully saturated rings. The molecular formula is C11H18O2. The summed E-state index contributed by atoms with van der Waals surface area (Å²) in [5.41, 5.74) is 0.622. The second kappa shape index (κ2) is 3.02. The number of aliphatic hydroxyl groups is 1. The number of allylic oxidation sites excluding steroid dienone is 1. The summed E-state index contributed by atoms with van der Waals surface area (Å²) in [6, 6.07) is 0. The van der Waals surface area contributed by atoms with Gasteiger partial charge in [0.25, 0.3) is 0 Å². The van der Waals surface area contributed by atoms with Crippen molar-refractivity contribution in [3.8, 4) is 0 Å². The third-order valence-electron chi connectivity index (χ3n) is 3.93. The Morgan fingerprint density at radius 1 is 1.31 bits per heavy atom. The van der Waals surface area contributed by atoms with Crippen LogP contribution in [-0.2, 0) is 4.74 Å². The van der Waals surface area contributed by atoms with Gasteiger partial charge in [0.15, 0.2) is 0 Å². The molecule has 0 radical (unpaired) electrons.